The molecule has 0 radical (unpaired) electrons. The first-order valence-corrected chi connectivity index (χ1v) is 6.80. The lowest BCUT2D eigenvalue weighted by Gasteiger charge is -2.25. The van der Waals surface area contributed by atoms with Crippen LogP contribution in [0.15, 0.2) is 24.3 Å². The summed E-state index contributed by atoms with van der Waals surface area (Å²) in [5, 5.41) is 0. The summed E-state index contributed by atoms with van der Waals surface area (Å²) < 4.78 is 42.3. The fourth-order valence-electron chi connectivity index (χ4n) is 1.80. The van der Waals surface area contributed by atoms with E-state index in [0.717, 1.165) is 24.3 Å². The fraction of sp³-hybridized carbons (Fsp3) is 0.467. The molecule has 0 saturated heterocycles. The first kappa shape index (κ1) is 18.0. The van der Waals surface area contributed by atoms with Gasteiger partial charge in [-0.3, -0.25) is 9.59 Å². The number of amides is 1. The average Bonchev–Trinajstić information content (AvgIpc) is 2.43. The zero-order chi connectivity index (χ0) is 16.9. The van der Waals surface area contributed by atoms with Crippen molar-refractivity contribution in [1.82, 2.24) is 4.90 Å². The van der Waals surface area contributed by atoms with Gasteiger partial charge in [-0.2, -0.15) is 13.2 Å². The van der Waals surface area contributed by atoms with Crippen molar-refractivity contribution in [3.05, 3.63) is 35.4 Å². The van der Waals surface area contributed by atoms with Crippen molar-refractivity contribution in [2.75, 3.05) is 13.2 Å². The summed E-state index contributed by atoms with van der Waals surface area (Å²) in [5.74, 6) is -1.08. The third kappa shape index (κ3) is 4.75. The molecular formula is C15H18F3NO3. The number of rotatable bonds is 5. The van der Waals surface area contributed by atoms with Gasteiger partial charge in [0.1, 0.15) is 6.54 Å². The number of halogens is 3. The molecule has 1 rings (SSSR count). The van der Waals surface area contributed by atoms with Crippen LogP contribution in [0.4, 0.5) is 13.2 Å². The van der Waals surface area contributed by atoms with E-state index >= 15 is 0 Å². The van der Waals surface area contributed by atoms with Gasteiger partial charge in [0.2, 0.25) is 0 Å². The Balaban J connectivity index is 2.93. The molecule has 0 fully saturated rings. The van der Waals surface area contributed by atoms with Crippen molar-refractivity contribution in [3.63, 3.8) is 0 Å². The van der Waals surface area contributed by atoms with E-state index in [-0.39, 0.29) is 24.8 Å². The van der Waals surface area contributed by atoms with Gasteiger partial charge in [-0.1, -0.05) is 0 Å². The topological polar surface area (TPSA) is 46.6 Å². The van der Waals surface area contributed by atoms with Crippen LogP contribution in [0, 0.1) is 0 Å². The van der Waals surface area contributed by atoms with Crippen molar-refractivity contribution in [2.45, 2.75) is 33.0 Å². The van der Waals surface area contributed by atoms with Crippen LogP contribution >= 0.6 is 0 Å². The number of esters is 1. The number of hydrogen-bond donors (Lipinski definition) is 0. The second kappa shape index (κ2) is 7.29. The molecule has 1 aromatic carbocycles. The molecule has 0 heterocycles. The van der Waals surface area contributed by atoms with Crippen LogP contribution in [0.3, 0.4) is 0 Å². The number of alkyl halides is 3. The summed E-state index contributed by atoms with van der Waals surface area (Å²) in [6.07, 6.45) is -4.45. The zero-order valence-corrected chi connectivity index (χ0v) is 12.6. The molecule has 0 N–H and O–H groups in total. The molecule has 7 heteroatoms. The van der Waals surface area contributed by atoms with Crippen LogP contribution in [0.1, 0.15) is 36.7 Å². The van der Waals surface area contributed by atoms with E-state index in [2.05, 4.69) is 0 Å². The van der Waals surface area contributed by atoms with Crippen molar-refractivity contribution in [1.29, 1.82) is 0 Å². The highest BCUT2D eigenvalue weighted by Crippen LogP contribution is 2.29. The predicted octanol–water partition coefficient (Wildman–Crippen LogP) is 3.12. The van der Waals surface area contributed by atoms with Crippen LogP contribution in [-0.4, -0.2) is 36.0 Å². The molecule has 0 aliphatic carbocycles. The minimum Gasteiger partial charge on any atom is -0.465 e. The summed E-state index contributed by atoms with van der Waals surface area (Å²) in [4.78, 5) is 25.1. The fourth-order valence-corrected chi connectivity index (χ4v) is 1.80. The Morgan fingerprint density at radius 2 is 1.73 bits per heavy atom. The van der Waals surface area contributed by atoms with Gasteiger partial charge in [-0.15, -0.1) is 0 Å². The highest BCUT2D eigenvalue weighted by atomic mass is 19.4. The number of carbonyl (C=O) groups excluding carboxylic acids is 2. The second-order valence-electron chi connectivity index (χ2n) is 4.91. The standard InChI is InChI=1S/C15H18F3NO3/c1-4-22-13(20)9-19(10(2)3)14(21)11-5-7-12(8-6-11)15(16,17)18/h5-8,10H,4,9H2,1-3H3. The number of hydrogen-bond acceptors (Lipinski definition) is 3. The molecule has 0 aliphatic rings. The van der Waals surface area contributed by atoms with Crippen molar-refractivity contribution in [3.8, 4) is 0 Å². The Bertz CT molecular complexity index is 524. The highest BCUT2D eigenvalue weighted by Gasteiger charge is 2.30. The molecule has 0 unspecified atom stereocenters. The van der Waals surface area contributed by atoms with Crippen molar-refractivity contribution < 1.29 is 27.5 Å². The minimum absolute atomic E-state index is 0.0889. The molecule has 0 aliphatic heterocycles. The Labute approximate surface area is 126 Å². The van der Waals surface area contributed by atoms with Gasteiger partial charge < -0.3 is 9.64 Å². The lowest BCUT2D eigenvalue weighted by molar-refractivity contribution is -0.144. The molecule has 0 saturated carbocycles. The van der Waals surface area contributed by atoms with Crippen LogP contribution < -0.4 is 0 Å². The van der Waals surface area contributed by atoms with Gasteiger partial charge in [0, 0.05) is 11.6 Å². The predicted molar refractivity (Wildman–Crippen MR) is 74.2 cm³/mol. The van der Waals surface area contributed by atoms with Crippen molar-refractivity contribution in [2.24, 2.45) is 0 Å². The Hall–Kier alpha value is -2.05. The monoisotopic (exact) mass is 317 g/mol. The summed E-state index contributed by atoms with van der Waals surface area (Å²) in [7, 11) is 0. The summed E-state index contributed by atoms with van der Waals surface area (Å²) in [6, 6.07) is 3.60. The van der Waals surface area contributed by atoms with Gasteiger partial charge in [0.05, 0.1) is 12.2 Å². The molecular weight excluding hydrogens is 299 g/mol. The largest absolute Gasteiger partial charge is 0.465 e. The molecule has 0 bridgehead atoms. The minimum atomic E-state index is -4.45. The van der Waals surface area contributed by atoms with Crippen LogP contribution in [0.25, 0.3) is 0 Å². The maximum atomic E-state index is 12.5. The highest BCUT2D eigenvalue weighted by molar-refractivity contribution is 5.96. The molecule has 22 heavy (non-hydrogen) atoms. The lowest BCUT2D eigenvalue weighted by atomic mass is 10.1. The third-order valence-electron chi connectivity index (χ3n) is 2.95. The number of benzene rings is 1. The first-order chi connectivity index (χ1) is 10.2. The molecule has 1 amide bonds. The third-order valence-corrected chi connectivity index (χ3v) is 2.95. The molecule has 0 spiro atoms. The normalized spacial score (nSPS) is 11.4. The van der Waals surface area contributed by atoms with E-state index in [9.17, 15) is 22.8 Å². The molecule has 4 nitrogen and oxygen atoms in total. The van der Waals surface area contributed by atoms with E-state index < -0.39 is 23.6 Å². The SMILES string of the molecule is CCOC(=O)CN(C(=O)c1ccc(C(F)(F)F)cc1)C(C)C. The Kier molecular flexibility index (Phi) is 5.96. The quantitative estimate of drug-likeness (QED) is 0.784. The molecule has 0 atom stereocenters. The van der Waals surface area contributed by atoms with Gasteiger partial charge in [0.15, 0.2) is 0 Å². The average molecular weight is 317 g/mol. The van der Waals surface area contributed by atoms with E-state index in [1.807, 2.05) is 0 Å². The summed E-state index contributed by atoms with van der Waals surface area (Å²) in [6.45, 7) is 5.02. The summed E-state index contributed by atoms with van der Waals surface area (Å²) in [5.41, 5.74) is -0.739. The van der Waals surface area contributed by atoms with E-state index in [0.29, 0.717) is 0 Å². The van der Waals surface area contributed by atoms with E-state index in [4.69, 9.17) is 4.74 Å². The lowest BCUT2D eigenvalue weighted by Crippen LogP contribution is -2.41. The summed E-state index contributed by atoms with van der Waals surface area (Å²) >= 11 is 0. The Morgan fingerprint density at radius 1 is 1.18 bits per heavy atom. The van der Waals surface area contributed by atoms with Crippen LogP contribution in [-0.2, 0) is 15.7 Å². The zero-order valence-electron chi connectivity index (χ0n) is 12.6. The van der Waals surface area contributed by atoms with Gasteiger partial charge in [-0.05, 0) is 45.0 Å². The molecule has 0 aromatic heterocycles. The van der Waals surface area contributed by atoms with E-state index in [1.165, 1.54) is 4.90 Å². The molecule has 122 valence electrons. The van der Waals surface area contributed by atoms with E-state index in [1.54, 1.807) is 20.8 Å². The Morgan fingerprint density at radius 3 is 2.14 bits per heavy atom. The van der Waals surface area contributed by atoms with Crippen LogP contribution in [0.2, 0.25) is 0 Å². The second-order valence-corrected chi connectivity index (χ2v) is 4.91. The van der Waals surface area contributed by atoms with Crippen LogP contribution in [0.5, 0.6) is 0 Å². The maximum absolute atomic E-state index is 12.5. The first-order valence-electron chi connectivity index (χ1n) is 6.80. The van der Waals surface area contributed by atoms with Gasteiger partial charge in [-0.25, -0.2) is 0 Å². The van der Waals surface area contributed by atoms with Crippen molar-refractivity contribution >= 4 is 11.9 Å². The number of nitrogens with zero attached hydrogens (tertiary/aromatic N) is 1. The van der Waals surface area contributed by atoms with Gasteiger partial charge >= 0.3 is 12.1 Å². The molecule has 1 aromatic rings. The number of carbonyl (C=O) groups is 2. The maximum Gasteiger partial charge on any atom is 0.416 e. The number of ether oxygens (including phenoxy) is 1. The smallest absolute Gasteiger partial charge is 0.416 e. The van der Waals surface area contributed by atoms with Gasteiger partial charge in [0.25, 0.3) is 5.91 Å².